The van der Waals surface area contributed by atoms with Crippen LogP contribution < -0.4 is 11.1 Å². The summed E-state index contributed by atoms with van der Waals surface area (Å²) in [7, 11) is 0. The molecule has 3 aromatic rings. The van der Waals surface area contributed by atoms with Gasteiger partial charge in [0.2, 0.25) is 5.95 Å². The molecule has 8 heteroatoms. The molecular formula is C18H18FN5O2. The summed E-state index contributed by atoms with van der Waals surface area (Å²) >= 11 is 0. The number of ether oxygens (including phenoxy) is 1. The lowest BCUT2D eigenvalue weighted by Crippen LogP contribution is -2.28. The van der Waals surface area contributed by atoms with E-state index in [0.717, 1.165) is 12.8 Å². The number of aromatic hydroxyl groups is 1. The number of phenols is 1. The minimum absolute atomic E-state index is 0.249. The smallest absolute Gasteiger partial charge is 0.223 e. The molecule has 134 valence electrons. The van der Waals surface area contributed by atoms with Gasteiger partial charge in [0.15, 0.2) is 11.6 Å². The summed E-state index contributed by atoms with van der Waals surface area (Å²) in [6.07, 6.45) is 4.96. The SMILES string of the molecule is Nc1ncc(-c2ccc(F)c(O)c2)c2nc(NC3CCOCC3)ncc12. The highest BCUT2D eigenvalue weighted by molar-refractivity contribution is 5.98. The van der Waals surface area contributed by atoms with Crippen molar-refractivity contribution in [3.05, 3.63) is 36.4 Å². The highest BCUT2D eigenvalue weighted by Crippen LogP contribution is 2.32. The van der Waals surface area contributed by atoms with E-state index < -0.39 is 11.6 Å². The quantitative estimate of drug-likeness (QED) is 0.663. The number of benzene rings is 1. The van der Waals surface area contributed by atoms with Gasteiger partial charge in [-0.25, -0.2) is 19.3 Å². The summed E-state index contributed by atoms with van der Waals surface area (Å²) in [6.45, 7) is 1.42. The molecule has 0 saturated carbocycles. The predicted octanol–water partition coefficient (Wildman–Crippen LogP) is 2.71. The molecule has 1 saturated heterocycles. The Bertz CT molecular complexity index is 960. The topological polar surface area (TPSA) is 106 Å². The second kappa shape index (κ2) is 6.72. The van der Waals surface area contributed by atoms with Crippen LogP contribution in [0.15, 0.2) is 30.6 Å². The Morgan fingerprint density at radius 2 is 2.00 bits per heavy atom. The third-order valence-electron chi connectivity index (χ3n) is 4.46. The minimum atomic E-state index is -0.682. The summed E-state index contributed by atoms with van der Waals surface area (Å²) in [4.78, 5) is 13.1. The van der Waals surface area contributed by atoms with Crippen molar-refractivity contribution in [2.24, 2.45) is 0 Å². The largest absolute Gasteiger partial charge is 0.505 e. The number of aromatic nitrogens is 3. The molecular weight excluding hydrogens is 337 g/mol. The normalized spacial score (nSPS) is 15.3. The van der Waals surface area contributed by atoms with Crippen LogP contribution in [-0.4, -0.2) is 39.3 Å². The summed E-state index contributed by atoms with van der Waals surface area (Å²) in [5, 5.41) is 13.6. The first-order chi connectivity index (χ1) is 12.6. The molecule has 0 radical (unpaired) electrons. The monoisotopic (exact) mass is 355 g/mol. The van der Waals surface area contributed by atoms with Crippen LogP contribution in [0.3, 0.4) is 0 Å². The number of pyridine rings is 1. The molecule has 0 spiro atoms. The van der Waals surface area contributed by atoms with Gasteiger partial charge in [-0.05, 0) is 30.5 Å². The Morgan fingerprint density at radius 3 is 2.77 bits per heavy atom. The maximum absolute atomic E-state index is 13.4. The van der Waals surface area contributed by atoms with E-state index in [1.165, 1.54) is 12.1 Å². The van der Waals surface area contributed by atoms with Gasteiger partial charge in [0.05, 0.1) is 10.9 Å². The van der Waals surface area contributed by atoms with Crippen LogP contribution in [0.1, 0.15) is 12.8 Å². The van der Waals surface area contributed by atoms with Gasteiger partial charge >= 0.3 is 0 Å². The van der Waals surface area contributed by atoms with Gasteiger partial charge in [0, 0.05) is 37.2 Å². The van der Waals surface area contributed by atoms with Gasteiger partial charge in [0.25, 0.3) is 0 Å². The second-order valence-electron chi connectivity index (χ2n) is 6.21. The molecule has 1 aliphatic heterocycles. The molecule has 2 aromatic heterocycles. The third kappa shape index (κ3) is 3.11. The summed E-state index contributed by atoms with van der Waals surface area (Å²) in [5.41, 5.74) is 7.78. The molecule has 3 heterocycles. The number of rotatable bonds is 3. The zero-order chi connectivity index (χ0) is 18.1. The molecule has 4 N–H and O–H groups in total. The van der Waals surface area contributed by atoms with Crippen molar-refractivity contribution in [2.45, 2.75) is 18.9 Å². The van der Waals surface area contributed by atoms with Gasteiger partial charge in [0.1, 0.15) is 5.82 Å². The van der Waals surface area contributed by atoms with Gasteiger partial charge < -0.3 is 20.9 Å². The molecule has 1 aliphatic rings. The van der Waals surface area contributed by atoms with Crippen LogP contribution >= 0.6 is 0 Å². The standard InChI is InChI=1S/C18H18FN5O2/c19-14-2-1-10(7-15(14)25)12-8-21-17(20)13-9-22-18(24-16(12)13)23-11-3-5-26-6-4-11/h1-2,7-9,11,25H,3-6H2,(H2,20,21)(H,22,23,24). The van der Waals surface area contributed by atoms with Crippen molar-refractivity contribution in [3.63, 3.8) is 0 Å². The van der Waals surface area contributed by atoms with Gasteiger partial charge in [-0.15, -0.1) is 0 Å². The number of phenolic OH excluding ortho intramolecular Hbond substituents is 1. The number of nitrogen functional groups attached to an aromatic ring is 1. The highest BCUT2D eigenvalue weighted by Gasteiger charge is 2.17. The molecule has 0 amide bonds. The molecule has 7 nitrogen and oxygen atoms in total. The molecule has 1 fully saturated rings. The first-order valence-electron chi connectivity index (χ1n) is 8.36. The van der Waals surface area contributed by atoms with Crippen LogP contribution in [0.4, 0.5) is 16.2 Å². The van der Waals surface area contributed by atoms with Crippen molar-refractivity contribution in [2.75, 3.05) is 24.3 Å². The number of hydrogen-bond acceptors (Lipinski definition) is 7. The number of nitrogens with two attached hydrogens (primary N) is 1. The fraction of sp³-hybridized carbons (Fsp3) is 0.278. The van der Waals surface area contributed by atoms with Crippen LogP contribution in [0, 0.1) is 5.82 Å². The number of anilines is 2. The number of halogens is 1. The molecule has 0 unspecified atom stereocenters. The second-order valence-corrected chi connectivity index (χ2v) is 6.21. The maximum atomic E-state index is 13.4. The Hall–Kier alpha value is -3.00. The molecule has 4 rings (SSSR count). The van der Waals surface area contributed by atoms with Crippen molar-refractivity contribution in [3.8, 4) is 16.9 Å². The van der Waals surface area contributed by atoms with Gasteiger partial charge in [-0.1, -0.05) is 6.07 Å². The minimum Gasteiger partial charge on any atom is -0.505 e. The van der Waals surface area contributed by atoms with E-state index in [2.05, 4.69) is 20.3 Å². The summed E-state index contributed by atoms with van der Waals surface area (Å²) in [6, 6.07) is 4.36. The van der Waals surface area contributed by atoms with Crippen LogP contribution in [0.25, 0.3) is 22.0 Å². The first-order valence-corrected chi connectivity index (χ1v) is 8.36. The Morgan fingerprint density at radius 1 is 1.19 bits per heavy atom. The van der Waals surface area contributed by atoms with E-state index in [4.69, 9.17) is 10.5 Å². The molecule has 26 heavy (non-hydrogen) atoms. The third-order valence-corrected chi connectivity index (χ3v) is 4.46. The molecule has 0 bridgehead atoms. The summed E-state index contributed by atoms with van der Waals surface area (Å²) in [5.74, 6) is -0.310. The highest BCUT2D eigenvalue weighted by atomic mass is 19.1. The number of nitrogens with zero attached hydrogens (tertiary/aromatic N) is 3. The van der Waals surface area contributed by atoms with Crippen LogP contribution in [-0.2, 0) is 4.74 Å². The average molecular weight is 355 g/mol. The number of fused-ring (bicyclic) bond motifs is 1. The van der Waals surface area contributed by atoms with Gasteiger partial charge in [-0.2, -0.15) is 0 Å². The van der Waals surface area contributed by atoms with E-state index in [-0.39, 0.29) is 6.04 Å². The maximum Gasteiger partial charge on any atom is 0.223 e. The van der Waals surface area contributed by atoms with E-state index in [1.54, 1.807) is 18.5 Å². The average Bonchev–Trinajstić information content (AvgIpc) is 2.65. The lowest BCUT2D eigenvalue weighted by molar-refractivity contribution is 0.0903. The van der Waals surface area contributed by atoms with Crippen molar-refractivity contribution < 1.29 is 14.2 Å². The van der Waals surface area contributed by atoms with Gasteiger partial charge in [-0.3, -0.25) is 0 Å². The van der Waals surface area contributed by atoms with Crippen molar-refractivity contribution >= 4 is 22.7 Å². The van der Waals surface area contributed by atoms with Crippen LogP contribution in [0.5, 0.6) is 5.75 Å². The lowest BCUT2D eigenvalue weighted by atomic mass is 10.0. The van der Waals surface area contributed by atoms with Crippen molar-refractivity contribution in [1.29, 1.82) is 0 Å². The number of hydrogen-bond donors (Lipinski definition) is 3. The summed E-state index contributed by atoms with van der Waals surface area (Å²) < 4.78 is 18.7. The zero-order valence-corrected chi connectivity index (χ0v) is 13.9. The Kier molecular flexibility index (Phi) is 4.26. The molecule has 0 atom stereocenters. The van der Waals surface area contributed by atoms with Crippen LogP contribution in [0.2, 0.25) is 0 Å². The van der Waals surface area contributed by atoms with Crippen molar-refractivity contribution in [1.82, 2.24) is 15.0 Å². The lowest BCUT2D eigenvalue weighted by Gasteiger charge is -2.23. The van der Waals surface area contributed by atoms with E-state index >= 15 is 0 Å². The van der Waals surface area contributed by atoms with E-state index in [1.807, 2.05) is 0 Å². The van der Waals surface area contributed by atoms with E-state index in [0.29, 0.717) is 47.0 Å². The predicted molar refractivity (Wildman–Crippen MR) is 96.3 cm³/mol. The first kappa shape index (κ1) is 16.5. The van der Waals surface area contributed by atoms with E-state index in [9.17, 15) is 9.50 Å². The Labute approximate surface area is 149 Å². The zero-order valence-electron chi connectivity index (χ0n) is 13.9. The number of nitrogens with one attached hydrogen (secondary N) is 1. The fourth-order valence-corrected chi connectivity index (χ4v) is 3.02. The Balaban J connectivity index is 1.78. The molecule has 0 aliphatic carbocycles. The molecule has 1 aromatic carbocycles. The fourth-order valence-electron chi connectivity index (χ4n) is 3.02.